The Kier molecular flexibility index (Phi) is 3.78. The van der Waals surface area contributed by atoms with Crippen molar-refractivity contribution in [1.29, 1.82) is 0 Å². The van der Waals surface area contributed by atoms with Crippen LogP contribution in [0.1, 0.15) is 11.1 Å². The van der Waals surface area contributed by atoms with Crippen LogP contribution in [0.25, 0.3) is 11.1 Å². The molecular formula is C16H17FN. The molecule has 0 saturated carbocycles. The van der Waals surface area contributed by atoms with Crippen LogP contribution < -0.4 is 0 Å². The molecule has 0 aromatic heterocycles. The predicted octanol–water partition coefficient (Wildman–Crippen LogP) is 3.74. The molecule has 2 heteroatoms. The maximum atomic E-state index is 13.4. The van der Waals surface area contributed by atoms with Gasteiger partial charge in [0.2, 0.25) is 0 Å². The van der Waals surface area contributed by atoms with E-state index in [1.807, 2.05) is 32.3 Å². The Morgan fingerprint density at radius 1 is 1.06 bits per heavy atom. The minimum atomic E-state index is -0.259. The van der Waals surface area contributed by atoms with E-state index in [0.717, 1.165) is 17.7 Å². The molecule has 0 amide bonds. The second-order valence-electron chi connectivity index (χ2n) is 4.70. The molecule has 0 saturated heterocycles. The summed E-state index contributed by atoms with van der Waals surface area (Å²) in [5.74, 6) is -0.259. The van der Waals surface area contributed by atoms with Gasteiger partial charge in [0.1, 0.15) is 5.82 Å². The molecule has 2 aromatic rings. The summed E-state index contributed by atoms with van der Waals surface area (Å²) in [6.07, 6.45) is 0. The molecule has 0 aliphatic heterocycles. The first-order valence-electron chi connectivity index (χ1n) is 5.92. The molecule has 0 N–H and O–H groups in total. The van der Waals surface area contributed by atoms with E-state index in [4.69, 9.17) is 0 Å². The Balaban J connectivity index is 2.32. The van der Waals surface area contributed by atoms with E-state index in [2.05, 4.69) is 24.0 Å². The third-order valence-corrected chi connectivity index (χ3v) is 2.88. The second kappa shape index (κ2) is 5.32. The van der Waals surface area contributed by atoms with Crippen LogP contribution >= 0.6 is 0 Å². The summed E-state index contributed by atoms with van der Waals surface area (Å²) in [5.41, 5.74) is 3.55. The van der Waals surface area contributed by atoms with E-state index in [1.54, 1.807) is 6.07 Å². The lowest BCUT2D eigenvalue weighted by atomic mass is 9.99. The normalized spacial score (nSPS) is 10.9. The lowest BCUT2D eigenvalue weighted by Crippen LogP contribution is -2.10. The predicted molar refractivity (Wildman–Crippen MR) is 73.7 cm³/mol. The van der Waals surface area contributed by atoms with Crippen molar-refractivity contribution < 1.29 is 4.39 Å². The van der Waals surface area contributed by atoms with Crippen LogP contribution in [-0.2, 0) is 6.54 Å². The number of hydrogen-bond acceptors (Lipinski definition) is 1. The van der Waals surface area contributed by atoms with Crippen molar-refractivity contribution in [2.24, 2.45) is 0 Å². The van der Waals surface area contributed by atoms with Crippen molar-refractivity contribution in [3.05, 3.63) is 66.3 Å². The smallest absolute Gasteiger partial charge is 0.127 e. The summed E-state index contributed by atoms with van der Waals surface area (Å²) in [5, 5.41) is 0. The van der Waals surface area contributed by atoms with E-state index >= 15 is 0 Å². The maximum Gasteiger partial charge on any atom is 0.127 e. The van der Waals surface area contributed by atoms with Crippen LogP contribution in [0.4, 0.5) is 4.39 Å². The maximum absolute atomic E-state index is 13.4. The van der Waals surface area contributed by atoms with Gasteiger partial charge in [-0.25, -0.2) is 4.39 Å². The summed E-state index contributed by atoms with van der Waals surface area (Å²) < 4.78 is 13.4. The highest BCUT2D eigenvalue weighted by atomic mass is 19.1. The molecule has 0 unspecified atom stereocenters. The van der Waals surface area contributed by atoms with Gasteiger partial charge in [-0.05, 0) is 49.3 Å². The average Bonchev–Trinajstić information content (AvgIpc) is 2.33. The van der Waals surface area contributed by atoms with Crippen molar-refractivity contribution in [2.45, 2.75) is 6.54 Å². The fourth-order valence-corrected chi connectivity index (χ4v) is 1.98. The highest BCUT2D eigenvalue weighted by molar-refractivity contribution is 5.68. The Labute approximate surface area is 108 Å². The first-order valence-corrected chi connectivity index (χ1v) is 5.92. The van der Waals surface area contributed by atoms with Gasteiger partial charge < -0.3 is 4.90 Å². The highest BCUT2D eigenvalue weighted by Gasteiger charge is 2.05. The largest absolute Gasteiger partial charge is 0.305 e. The van der Waals surface area contributed by atoms with Crippen LogP contribution in [0, 0.1) is 12.7 Å². The van der Waals surface area contributed by atoms with Crippen LogP contribution in [0.5, 0.6) is 0 Å². The van der Waals surface area contributed by atoms with E-state index in [9.17, 15) is 4.39 Å². The van der Waals surface area contributed by atoms with Crippen LogP contribution in [0.3, 0.4) is 0 Å². The average molecular weight is 242 g/mol. The van der Waals surface area contributed by atoms with E-state index < -0.39 is 0 Å². The molecular weight excluding hydrogens is 225 g/mol. The summed E-state index contributed by atoms with van der Waals surface area (Å²) in [7, 11) is 4.07. The minimum Gasteiger partial charge on any atom is -0.305 e. The monoisotopic (exact) mass is 242 g/mol. The van der Waals surface area contributed by atoms with Crippen molar-refractivity contribution in [3.63, 3.8) is 0 Å². The van der Waals surface area contributed by atoms with Gasteiger partial charge in [-0.2, -0.15) is 0 Å². The lowest BCUT2D eigenvalue weighted by molar-refractivity contribution is 0.402. The van der Waals surface area contributed by atoms with Gasteiger partial charge in [0.05, 0.1) is 0 Å². The summed E-state index contributed by atoms with van der Waals surface area (Å²) in [4.78, 5) is 2.12. The fraction of sp³-hybridized carbons (Fsp3) is 0.188. The van der Waals surface area contributed by atoms with Crippen LogP contribution in [-0.4, -0.2) is 19.0 Å². The van der Waals surface area contributed by atoms with E-state index in [-0.39, 0.29) is 5.82 Å². The zero-order chi connectivity index (χ0) is 13.1. The van der Waals surface area contributed by atoms with Crippen molar-refractivity contribution in [1.82, 2.24) is 4.90 Å². The molecule has 0 spiro atoms. The molecule has 0 heterocycles. The van der Waals surface area contributed by atoms with Crippen molar-refractivity contribution in [3.8, 4) is 11.1 Å². The molecule has 0 fully saturated rings. The van der Waals surface area contributed by atoms with Gasteiger partial charge >= 0.3 is 0 Å². The number of halogens is 1. The first-order chi connectivity index (χ1) is 8.58. The number of rotatable bonds is 3. The molecule has 0 bridgehead atoms. The molecule has 2 rings (SSSR count). The van der Waals surface area contributed by atoms with E-state index in [0.29, 0.717) is 5.56 Å². The zero-order valence-corrected chi connectivity index (χ0v) is 10.8. The SMILES string of the molecule is [CH2]c1c(F)cccc1-c1ccc(CN(C)C)cc1. The van der Waals surface area contributed by atoms with Gasteiger partial charge in [-0.3, -0.25) is 0 Å². The third kappa shape index (κ3) is 2.77. The third-order valence-electron chi connectivity index (χ3n) is 2.88. The van der Waals surface area contributed by atoms with Crippen molar-refractivity contribution >= 4 is 0 Å². The summed E-state index contributed by atoms with van der Waals surface area (Å²) in [6.45, 7) is 4.69. The molecule has 0 aliphatic carbocycles. The van der Waals surface area contributed by atoms with Gasteiger partial charge in [-0.1, -0.05) is 36.4 Å². The highest BCUT2D eigenvalue weighted by Crippen LogP contribution is 2.25. The Morgan fingerprint density at radius 2 is 1.72 bits per heavy atom. The Morgan fingerprint density at radius 3 is 2.33 bits per heavy atom. The Hall–Kier alpha value is -1.67. The number of nitrogens with zero attached hydrogens (tertiary/aromatic N) is 1. The van der Waals surface area contributed by atoms with E-state index in [1.165, 1.54) is 11.6 Å². The molecule has 0 aliphatic rings. The first kappa shape index (κ1) is 12.8. The lowest BCUT2D eigenvalue weighted by Gasteiger charge is -2.11. The molecule has 0 atom stereocenters. The Bertz CT molecular complexity index is 529. The zero-order valence-electron chi connectivity index (χ0n) is 10.8. The van der Waals surface area contributed by atoms with Crippen LogP contribution in [0.15, 0.2) is 42.5 Å². The van der Waals surface area contributed by atoms with Gasteiger partial charge in [0, 0.05) is 6.54 Å². The topological polar surface area (TPSA) is 3.24 Å². The molecule has 1 radical (unpaired) electrons. The number of benzene rings is 2. The fourth-order valence-electron chi connectivity index (χ4n) is 1.98. The van der Waals surface area contributed by atoms with Gasteiger partial charge in [-0.15, -0.1) is 0 Å². The number of hydrogen-bond donors (Lipinski definition) is 0. The molecule has 2 aromatic carbocycles. The van der Waals surface area contributed by atoms with Crippen molar-refractivity contribution in [2.75, 3.05) is 14.1 Å². The molecule has 18 heavy (non-hydrogen) atoms. The summed E-state index contributed by atoms with van der Waals surface area (Å²) in [6, 6.07) is 13.2. The quantitative estimate of drug-likeness (QED) is 0.792. The molecule has 1 nitrogen and oxygen atoms in total. The van der Waals surface area contributed by atoms with Gasteiger partial charge in [0.25, 0.3) is 0 Å². The van der Waals surface area contributed by atoms with Crippen LogP contribution in [0.2, 0.25) is 0 Å². The summed E-state index contributed by atoms with van der Waals surface area (Å²) >= 11 is 0. The van der Waals surface area contributed by atoms with Gasteiger partial charge in [0.15, 0.2) is 0 Å². The molecule has 93 valence electrons. The standard InChI is InChI=1S/C16H17FN/c1-12-15(5-4-6-16(12)17)14-9-7-13(8-10-14)11-18(2)3/h4-10H,1,11H2,2-3H3. The minimum absolute atomic E-state index is 0.259. The second-order valence-corrected chi connectivity index (χ2v) is 4.70.